The predicted molar refractivity (Wildman–Crippen MR) is 82.5 cm³/mol. The first-order valence-corrected chi connectivity index (χ1v) is 6.77. The molecule has 0 bridgehead atoms. The highest BCUT2D eigenvalue weighted by Crippen LogP contribution is 2.15. The maximum atomic E-state index is 12.2. The Morgan fingerprint density at radius 1 is 1.10 bits per heavy atom. The summed E-state index contributed by atoms with van der Waals surface area (Å²) < 4.78 is 5.69. The van der Waals surface area contributed by atoms with E-state index >= 15 is 0 Å². The molecule has 0 fully saturated rings. The third-order valence-corrected chi connectivity index (χ3v) is 2.93. The third kappa shape index (κ3) is 4.48. The van der Waals surface area contributed by atoms with Gasteiger partial charge in [0.1, 0.15) is 0 Å². The molecule has 0 aliphatic carbocycles. The van der Waals surface area contributed by atoms with E-state index in [1.165, 1.54) is 0 Å². The Bertz CT molecular complexity index is 602. The quantitative estimate of drug-likeness (QED) is 0.501. The van der Waals surface area contributed by atoms with Crippen LogP contribution < -0.4 is 5.32 Å². The van der Waals surface area contributed by atoms with Gasteiger partial charge in [-0.1, -0.05) is 48.5 Å². The molecule has 3 nitrogen and oxygen atoms in total. The average Bonchev–Trinajstić information content (AvgIpc) is 2.55. The third-order valence-electron chi connectivity index (χ3n) is 2.93. The molecule has 106 valence electrons. The molecule has 0 saturated heterocycles. The first kappa shape index (κ1) is 14.8. The fourth-order valence-electron chi connectivity index (χ4n) is 1.88. The van der Waals surface area contributed by atoms with E-state index in [0.29, 0.717) is 18.6 Å². The summed E-state index contributed by atoms with van der Waals surface area (Å²) in [5, 5.41) is 2.88. The number of hydrogen-bond donors (Lipinski definition) is 1. The second kappa shape index (κ2) is 7.88. The SMILES string of the molecule is C#CCCOC(NC(=O)c1ccccc1)c1ccccc1. The van der Waals surface area contributed by atoms with Crippen LogP contribution >= 0.6 is 0 Å². The normalized spacial score (nSPS) is 11.4. The van der Waals surface area contributed by atoms with Gasteiger partial charge in [0.05, 0.1) is 6.61 Å². The van der Waals surface area contributed by atoms with Gasteiger partial charge in [-0.05, 0) is 12.1 Å². The van der Waals surface area contributed by atoms with Crippen molar-refractivity contribution < 1.29 is 9.53 Å². The lowest BCUT2D eigenvalue weighted by Gasteiger charge is -2.19. The molecule has 1 atom stereocenters. The van der Waals surface area contributed by atoms with Gasteiger partial charge in [0, 0.05) is 17.5 Å². The Labute approximate surface area is 125 Å². The van der Waals surface area contributed by atoms with Crippen LogP contribution in [0.3, 0.4) is 0 Å². The lowest BCUT2D eigenvalue weighted by atomic mass is 10.1. The summed E-state index contributed by atoms with van der Waals surface area (Å²) >= 11 is 0. The molecule has 3 heteroatoms. The van der Waals surface area contributed by atoms with E-state index < -0.39 is 6.23 Å². The topological polar surface area (TPSA) is 38.3 Å². The summed E-state index contributed by atoms with van der Waals surface area (Å²) in [4.78, 5) is 12.2. The van der Waals surface area contributed by atoms with Crippen molar-refractivity contribution in [3.63, 3.8) is 0 Å². The Hall–Kier alpha value is -2.57. The van der Waals surface area contributed by atoms with Gasteiger partial charge in [-0.2, -0.15) is 0 Å². The van der Waals surface area contributed by atoms with E-state index in [1.54, 1.807) is 12.1 Å². The molecular formula is C18H17NO2. The van der Waals surface area contributed by atoms with Crippen molar-refractivity contribution in [3.8, 4) is 12.3 Å². The summed E-state index contributed by atoms with van der Waals surface area (Å²) in [5.74, 6) is 2.35. The molecule has 0 heterocycles. The molecule has 0 spiro atoms. The van der Waals surface area contributed by atoms with Crippen LogP contribution in [0.5, 0.6) is 0 Å². The number of amides is 1. The lowest BCUT2D eigenvalue weighted by molar-refractivity contribution is 0.0296. The summed E-state index contributed by atoms with van der Waals surface area (Å²) in [6, 6.07) is 18.6. The molecule has 21 heavy (non-hydrogen) atoms. The van der Waals surface area contributed by atoms with Crippen molar-refractivity contribution in [2.75, 3.05) is 6.61 Å². The molecular weight excluding hydrogens is 262 g/mol. The summed E-state index contributed by atoms with van der Waals surface area (Å²) in [6.45, 7) is 0.394. The van der Waals surface area contributed by atoms with Gasteiger partial charge in [-0.3, -0.25) is 4.79 Å². The zero-order valence-corrected chi connectivity index (χ0v) is 11.7. The van der Waals surface area contributed by atoms with Gasteiger partial charge < -0.3 is 10.1 Å². The number of ether oxygens (including phenoxy) is 1. The molecule has 2 aromatic carbocycles. The van der Waals surface area contributed by atoms with Crippen LogP contribution in [-0.2, 0) is 4.74 Å². The highest BCUT2D eigenvalue weighted by molar-refractivity contribution is 5.94. The van der Waals surface area contributed by atoms with E-state index in [2.05, 4.69) is 11.2 Å². The van der Waals surface area contributed by atoms with E-state index in [9.17, 15) is 4.79 Å². The van der Waals surface area contributed by atoms with Crippen LogP contribution in [0.4, 0.5) is 0 Å². The molecule has 0 saturated carbocycles. The van der Waals surface area contributed by atoms with Crippen molar-refractivity contribution in [2.24, 2.45) is 0 Å². The molecule has 2 aromatic rings. The molecule has 2 rings (SSSR count). The van der Waals surface area contributed by atoms with Crippen molar-refractivity contribution in [1.29, 1.82) is 0 Å². The fraction of sp³-hybridized carbons (Fsp3) is 0.167. The maximum Gasteiger partial charge on any atom is 0.253 e. The minimum absolute atomic E-state index is 0.176. The van der Waals surface area contributed by atoms with Crippen molar-refractivity contribution in [1.82, 2.24) is 5.32 Å². The van der Waals surface area contributed by atoms with Gasteiger partial charge in [0.2, 0.25) is 0 Å². The molecule has 1 amide bonds. The van der Waals surface area contributed by atoms with Crippen LogP contribution in [0.25, 0.3) is 0 Å². The van der Waals surface area contributed by atoms with E-state index in [4.69, 9.17) is 11.2 Å². The second-order valence-electron chi connectivity index (χ2n) is 4.46. The molecule has 1 unspecified atom stereocenters. The van der Waals surface area contributed by atoms with Crippen LogP contribution in [0.1, 0.15) is 28.6 Å². The van der Waals surface area contributed by atoms with E-state index in [0.717, 1.165) is 5.56 Å². The zero-order valence-electron chi connectivity index (χ0n) is 11.7. The number of carbonyl (C=O) groups is 1. The standard InChI is InChI=1S/C18H17NO2/c1-2-3-14-21-18(16-12-8-5-9-13-16)19-17(20)15-10-6-4-7-11-15/h1,4-13,18H,3,14H2,(H,19,20). The van der Waals surface area contributed by atoms with Crippen LogP contribution in [-0.4, -0.2) is 12.5 Å². The molecule has 1 N–H and O–H groups in total. The molecule has 0 radical (unpaired) electrons. The lowest BCUT2D eigenvalue weighted by Crippen LogP contribution is -2.30. The summed E-state index contributed by atoms with van der Waals surface area (Å²) in [7, 11) is 0. The maximum absolute atomic E-state index is 12.2. The van der Waals surface area contributed by atoms with E-state index in [1.807, 2.05) is 48.5 Å². The average molecular weight is 279 g/mol. The number of benzene rings is 2. The first-order valence-electron chi connectivity index (χ1n) is 6.77. The van der Waals surface area contributed by atoms with Crippen LogP contribution in [0.2, 0.25) is 0 Å². The highest BCUT2D eigenvalue weighted by Gasteiger charge is 2.15. The molecule has 0 aliphatic rings. The first-order chi connectivity index (χ1) is 10.3. The minimum atomic E-state index is -0.507. The number of terminal acetylenes is 1. The smallest absolute Gasteiger partial charge is 0.253 e. The van der Waals surface area contributed by atoms with Gasteiger partial charge in [-0.15, -0.1) is 12.3 Å². The minimum Gasteiger partial charge on any atom is -0.353 e. The Kier molecular flexibility index (Phi) is 5.57. The number of hydrogen-bond acceptors (Lipinski definition) is 2. The largest absolute Gasteiger partial charge is 0.353 e. The highest BCUT2D eigenvalue weighted by atomic mass is 16.5. The van der Waals surface area contributed by atoms with Gasteiger partial charge in [0.15, 0.2) is 6.23 Å². The zero-order chi connectivity index (χ0) is 14.9. The number of nitrogens with one attached hydrogen (secondary N) is 1. The number of rotatable bonds is 6. The van der Waals surface area contributed by atoms with Crippen molar-refractivity contribution in [2.45, 2.75) is 12.6 Å². The summed E-state index contributed by atoms with van der Waals surface area (Å²) in [6.07, 6.45) is 5.23. The molecule has 0 aromatic heterocycles. The molecule has 0 aliphatic heterocycles. The van der Waals surface area contributed by atoms with Crippen LogP contribution in [0.15, 0.2) is 60.7 Å². The Morgan fingerprint density at radius 2 is 1.71 bits per heavy atom. The van der Waals surface area contributed by atoms with Gasteiger partial charge in [0.25, 0.3) is 5.91 Å². The van der Waals surface area contributed by atoms with Crippen molar-refractivity contribution in [3.05, 3.63) is 71.8 Å². The Morgan fingerprint density at radius 3 is 2.33 bits per heavy atom. The monoisotopic (exact) mass is 279 g/mol. The van der Waals surface area contributed by atoms with Crippen molar-refractivity contribution >= 4 is 5.91 Å². The fourth-order valence-corrected chi connectivity index (χ4v) is 1.88. The number of carbonyl (C=O) groups excluding carboxylic acids is 1. The van der Waals surface area contributed by atoms with Crippen LogP contribution in [0, 0.1) is 12.3 Å². The van der Waals surface area contributed by atoms with Gasteiger partial charge >= 0.3 is 0 Å². The predicted octanol–water partition coefficient (Wildman–Crippen LogP) is 3.16. The summed E-state index contributed by atoms with van der Waals surface area (Å²) in [5.41, 5.74) is 1.48. The van der Waals surface area contributed by atoms with E-state index in [-0.39, 0.29) is 5.91 Å². The van der Waals surface area contributed by atoms with Gasteiger partial charge in [-0.25, -0.2) is 0 Å². The Balaban J connectivity index is 2.09. The second-order valence-corrected chi connectivity index (χ2v) is 4.46.